The monoisotopic (exact) mass is 471 g/mol. The number of benzene rings is 2. The van der Waals surface area contributed by atoms with Crippen LogP contribution in [0.1, 0.15) is 71.0 Å². The summed E-state index contributed by atoms with van der Waals surface area (Å²) >= 11 is 0. The van der Waals surface area contributed by atoms with E-state index in [2.05, 4.69) is 41.2 Å². The highest BCUT2D eigenvalue weighted by Crippen LogP contribution is 2.32. The van der Waals surface area contributed by atoms with Gasteiger partial charge >= 0.3 is 0 Å². The molecule has 1 amide bonds. The van der Waals surface area contributed by atoms with E-state index in [1.54, 1.807) is 7.11 Å². The average molecular weight is 472 g/mol. The summed E-state index contributed by atoms with van der Waals surface area (Å²) in [5, 5.41) is 18.1. The fourth-order valence-electron chi connectivity index (χ4n) is 4.95. The molecule has 0 radical (unpaired) electrons. The number of hydrogen-bond donors (Lipinski definition) is 1. The molecule has 0 bridgehead atoms. The number of aromatic nitrogens is 3. The maximum Gasteiger partial charge on any atom is 0.254 e. The first-order chi connectivity index (χ1) is 17.1. The number of rotatable bonds is 8. The van der Waals surface area contributed by atoms with Crippen LogP contribution in [0, 0.1) is 11.3 Å². The molecule has 1 N–H and O–H groups in total. The molecule has 4 rings (SSSR count). The third-order valence-corrected chi connectivity index (χ3v) is 6.96. The van der Waals surface area contributed by atoms with E-state index in [9.17, 15) is 10.1 Å². The van der Waals surface area contributed by atoms with Gasteiger partial charge in [-0.3, -0.25) is 4.79 Å². The first-order valence-corrected chi connectivity index (χ1v) is 12.4. The van der Waals surface area contributed by atoms with Gasteiger partial charge in [0, 0.05) is 37.7 Å². The Kier molecular flexibility index (Phi) is 7.94. The molecule has 0 aliphatic carbocycles. The largest absolute Gasteiger partial charge is 0.384 e. The van der Waals surface area contributed by atoms with Crippen LogP contribution in [-0.4, -0.2) is 52.8 Å². The number of amides is 1. The second-order valence-electron chi connectivity index (χ2n) is 9.00. The normalized spacial score (nSPS) is 14.2. The third-order valence-electron chi connectivity index (χ3n) is 6.96. The standard InChI is InChI=1S/C28H33N5O2/c1-4-19-16-20(5-2)25(17-24(19)27-30-26(31-32-27)12-15-35-3)28(34)33-13-10-21(11-14-33)23-9-7-6-8-22(23)18-29/h6-9,16-17,21H,4-5,10-15H2,1-3H3,(H,30,31,32). The lowest BCUT2D eigenvalue weighted by molar-refractivity contribution is 0.0712. The molecular formula is C28H33N5O2. The maximum absolute atomic E-state index is 13.7. The molecule has 2 aromatic carbocycles. The summed E-state index contributed by atoms with van der Waals surface area (Å²) in [7, 11) is 1.67. The number of H-pyrrole nitrogens is 1. The molecule has 3 aromatic rings. The number of nitrogens with zero attached hydrogens (tertiary/aromatic N) is 4. The predicted molar refractivity (Wildman–Crippen MR) is 135 cm³/mol. The van der Waals surface area contributed by atoms with Crippen molar-refractivity contribution in [3.8, 4) is 17.5 Å². The number of aryl methyl sites for hydroxylation is 2. The smallest absolute Gasteiger partial charge is 0.254 e. The van der Waals surface area contributed by atoms with Crippen LogP contribution in [0.25, 0.3) is 11.4 Å². The molecule has 7 nitrogen and oxygen atoms in total. The number of aromatic amines is 1. The fourth-order valence-corrected chi connectivity index (χ4v) is 4.95. The van der Waals surface area contributed by atoms with Gasteiger partial charge in [-0.05, 0) is 60.4 Å². The molecule has 182 valence electrons. The number of hydrogen-bond acceptors (Lipinski definition) is 5. The Labute approximate surface area is 207 Å². The van der Waals surface area contributed by atoms with Gasteiger partial charge in [0.25, 0.3) is 5.91 Å². The summed E-state index contributed by atoms with van der Waals surface area (Å²) in [4.78, 5) is 18.9. The molecule has 1 saturated heterocycles. The number of ether oxygens (including phenoxy) is 1. The highest BCUT2D eigenvalue weighted by molar-refractivity contribution is 5.97. The van der Waals surface area contributed by atoms with Gasteiger partial charge in [0.15, 0.2) is 5.82 Å². The number of carbonyl (C=O) groups is 1. The average Bonchev–Trinajstić information content (AvgIpc) is 3.39. The summed E-state index contributed by atoms with van der Waals surface area (Å²) < 4.78 is 5.15. The molecule has 1 aromatic heterocycles. The van der Waals surface area contributed by atoms with E-state index < -0.39 is 0 Å². The first-order valence-electron chi connectivity index (χ1n) is 12.4. The van der Waals surface area contributed by atoms with Gasteiger partial charge in [-0.1, -0.05) is 38.1 Å². The molecule has 1 fully saturated rings. The van der Waals surface area contributed by atoms with E-state index in [1.165, 1.54) is 0 Å². The van der Waals surface area contributed by atoms with Gasteiger partial charge in [0.1, 0.15) is 5.82 Å². The molecule has 1 aliphatic heterocycles. The quantitative estimate of drug-likeness (QED) is 0.515. The Bertz CT molecular complexity index is 1220. The Hall–Kier alpha value is -3.50. The number of nitrogens with one attached hydrogen (secondary N) is 1. The van der Waals surface area contributed by atoms with Crippen LogP contribution in [0.15, 0.2) is 36.4 Å². The Morgan fingerprint density at radius 2 is 1.89 bits per heavy atom. The maximum atomic E-state index is 13.7. The zero-order chi connectivity index (χ0) is 24.8. The van der Waals surface area contributed by atoms with Crippen molar-refractivity contribution in [3.63, 3.8) is 0 Å². The molecular weight excluding hydrogens is 438 g/mol. The molecule has 0 saturated carbocycles. The van der Waals surface area contributed by atoms with Gasteiger partial charge in [-0.25, -0.2) is 0 Å². The van der Waals surface area contributed by atoms with Crippen LogP contribution >= 0.6 is 0 Å². The minimum atomic E-state index is 0.0666. The van der Waals surface area contributed by atoms with Gasteiger partial charge < -0.3 is 14.6 Å². The van der Waals surface area contributed by atoms with E-state index in [4.69, 9.17) is 4.74 Å². The highest BCUT2D eigenvalue weighted by Gasteiger charge is 2.27. The summed E-state index contributed by atoms with van der Waals surface area (Å²) in [6.07, 6.45) is 4.01. The van der Waals surface area contributed by atoms with Crippen LogP contribution in [0.2, 0.25) is 0 Å². The minimum absolute atomic E-state index is 0.0666. The van der Waals surface area contributed by atoms with E-state index in [-0.39, 0.29) is 5.91 Å². The fraction of sp³-hybridized carbons (Fsp3) is 0.429. The van der Waals surface area contributed by atoms with Crippen LogP contribution in [-0.2, 0) is 24.0 Å². The molecule has 0 unspecified atom stereocenters. The molecule has 2 heterocycles. The predicted octanol–water partition coefficient (Wildman–Crippen LogP) is 4.68. The zero-order valence-corrected chi connectivity index (χ0v) is 20.8. The van der Waals surface area contributed by atoms with Crippen molar-refractivity contribution in [2.75, 3.05) is 26.8 Å². The minimum Gasteiger partial charge on any atom is -0.384 e. The molecule has 7 heteroatoms. The third kappa shape index (κ3) is 5.28. The van der Waals surface area contributed by atoms with Crippen molar-refractivity contribution in [1.29, 1.82) is 5.26 Å². The van der Waals surface area contributed by atoms with Gasteiger partial charge in [0.2, 0.25) is 0 Å². The van der Waals surface area contributed by atoms with Crippen molar-refractivity contribution in [2.45, 2.75) is 51.9 Å². The van der Waals surface area contributed by atoms with Crippen LogP contribution < -0.4 is 0 Å². The molecule has 0 atom stereocenters. The van der Waals surface area contributed by atoms with E-state index in [0.717, 1.165) is 64.9 Å². The van der Waals surface area contributed by atoms with Crippen molar-refractivity contribution < 1.29 is 9.53 Å². The van der Waals surface area contributed by atoms with Crippen molar-refractivity contribution in [1.82, 2.24) is 20.1 Å². The van der Waals surface area contributed by atoms with E-state index in [0.29, 0.717) is 37.9 Å². The number of likely N-dealkylation sites (tertiary alicyclic amines) is 1. The lowest BCUT2D eigenvalue weighted by Crippen LogP contribution is -2.38. The van der Waals surface area contributed by atoms with Crippen molar-refractivity contribution >= 4 is 5.91 Å². The van der Waals surface area contributed by atoms with Crippen molar-refractivity contribution in [3.05, 3.63) is 70.0 Å². The summed E-state index contributed by atoms with van der Waals surface area (Å²) in [6.45, 7) is 6.14. The number of carbonyl (C=O) groups excluding carboxylic acids is 1. The number of piperidine rings is 1. The van der Waals surface area contributed by atoms with Crippen LogP contribution in [0.5, 0.6) is 0 Å². The van der Waals surface area contributed by atoms with Gasteiger partial charge in [-0.15, -0.1) is 10.2 Å². The summed E-state index contributed by atoms with van der Waals surface area (Å²) in [5.74, 6) is 1.84. The molecule has 1 aliphatic rings. The van der Waals surface area contributed by atoms with Gasteiger partial charge in [0.05, 0.1) is 18.2 Å². The Morgan fingerprint density at radius 1 is 1.14 bits per heavy atom. The first kappa shape index (κ1) is 24.6. The summed E-state index contributed by atoms with van der Waals surface area (Å²) in [5.41, 5.74) is 5.72. The Morgan fingerprint density at radius 3 is 2.57 bits per heavy atom. The Balaban J connectivity index is 1.57. The number of nitriles is 1. The van der Waals surface area contributed by atoms with Crippen LogP contribution in [0.3, 0.4) is 0 Å². The zero-order valence-electron chi connectivity index (χ0n) is 20.8. The van der Waals surface area contributed by atoms with Crippen molar-refractivity contribution in [2.24, 2.45) is 0 Å². The van der Waals surface area contributed by atoms with E-state index >= 15 is 0 Å². The molecule has 0 spiro atoms. The summed E-state index contributed by atoms with van der Waals surface area (Å²) in [6, 6.07) is 14.3. The second-order valence-corrected chi connectivity index (χ2v) is 9.00. The number of methoxy groups -OCH3 is 1. The van der Waals surface area contributed by atoms with Gasteiger partial charge in [-0.2, -0.15) is 5.26 Å². The second kappa shape index (κ2) is 11.3. The van der Waals surface area contributed by atoms with E-state index in [1.807, 2.05) is 35.2 Å². The highest BCUT2D eigenvalue weighted by atomic mass is 16.5. The lowest BCUT2D eigenvalue weighted by atomic mass is 9.86. The van der Waals surface area contributed by atoms with Crippen LogP contribution in [0.4, 0.5) is 0 Å². The SMILES string of the molecule is CCc1cc(CC)c(-c2nnc(CCOC)[nH]2)cc1C(=O)N1CCC(c2ccccc2C#N)CC1. The molecule has 35 heavy (non-hydrogen) atoms. The topological polar surface area (TPSA) is 94.9 Å². The lowest BCUT2D eigenvalue weighted by Gasteiger charge is -2.33.